The fourth-order valence-corrected chi connectivity index (χ4v) is 3.62. The van der Waals surface area contributed by atoms with E-state index in [-0.39, 0.29) is 24.3 Å². The molecule has 0 spiro atoms. The van der Waals surface area contributed by atoms with Gasteiger partial charge >= 0.3 is 0 Å². The number of amides is 2. The average Bonchev–Trinajstić information content (AvgIpc) is 2.73. The Hall–Kier alpha value is -3.02. The van der Waals surface area contributed by atoms with E-state index in [1.54, 1.807) is 7.11 Å². The number of anilines is 1. The first-order valence-electron chi connectivity index (χ1n) is 9.96. The van der Waals surface area contributed by atoms with Crippen LogP contribution in [0.1, 0.15) is 30.5 Å². The Morgan fingerprint density at radius 2 is 1.76 bits per heavy atom. The van der Waals surface area contributed by atoms with Gasteiger partial charge in [-0.2, -0.15) is 0 Å². The van der Waals surface area contributed by atoms with Gasteiger partial charge < -0.3 is 19.9 Å². The summed E-state index contributed by atoms with van der Waals surface area (Å²) >= 11 is 0. The number of methoxy groups -OCH3 is 1. The lowest BCUT2D eigenvalue weighted by molar-refractivity contribution is -0.132. The average molecular weight is 396 g/mol. The molecule has 2 aromatic rings. The van der Waals surface area contributed by atoms with E-state index in [0.29, 0.717) is 13.1 Å². The van der Waals surface area contributed by atoms with E-state index in [1.165, 1.54) is 6.92 Å². The van der Waals surface area contributed by atoms with Gasteiger partial charge in [0, 0.05) is 44.9 Å². The number of rotatable bonds is 6. The third-order valence-corrected chi connectivity index (χ3v) is 5.29. The summed E-state index contributed by atoms with van der Waals surface area (Å²) < 4.78 is 5.30. The number of nitrogens with zero attached hydrogens (tertiary/aromatic N) is 2. The Balaban J connectivity index is 1.61. The van der Waals surface area contributed by atoms with Crippen LogP contribution in [0.3, 0.4) is 0 Å². The maximum Gasteiger partial charge on any atom is 0.225 e. The standard InChI is InChI=1S/C23H29N3O3/c1-17-7-9-19(10-8-17)22(24-18(2)27)16-23(28)26-13-11-25(12-14-26)20-5-4-6-21(15-20)29-3/h4-10,15,22H,11-14,16H2,1-3H3,(H,24,27). The molecule has 154 valence electrons. The summed E-state index contributed by atoms with van der Waals surface area (Å²) in [5.41, 5.74) is 3.21. The summed E-state index contributed by atoms with van der Waals surface area (Å²) in [6, 6.07) is 15.6. The normalized spacial score (nSPS) is 15.0. The monoisotopic (exact) mass is 395 g/mol. The summed E-state index contributed by atoms with van der Waals surface area (Å²) in [5.74, 6) is 0.762. The fraction of sp³-hybridized carbons (Fsp3) is 0.391. The largest absolute Gasteiger partial charge is 0.497 e. The van der Waals surface area contributed by atoms with Gasteiger partial charge in [-0.05, 0) is 24.6 Å². The van der Waals surface area contributed by atoms with Gasteiger partial charge in [-0.1, -0.05) is 35.9 Å². The Labute approximate surface area is 172 Å². The molecule has 0 saturated carbocycles. The summed E-state index contributed by atoms with van der Waals surface area (Å²) in [6.07, 6.45) is 0.266. The number of hydrogen-bond donors (Lipinski definition) is 1. The van der Waals surface area contributed by atoms with Gasteiger partial charge in [0.25, 0.3) is 0 Å². The van der Waals surface area contributed by atoms with Crippen LogP contribution in [-0.4, -0.2) is 50.0 Å². The zero-order chi connectivity index (χ0) is 20.8. The molecule has 1 heterocycles. The summed E-state index contributed by atoms with van der Waals surface area (Å²) in [7, 11) is 1.66. The first kappa shape index (κ1) is 20.7. The minimum absolute atomic E-state index is 0.0645. The van der Waals surface area contributed by atoms with Gasteiger partial charge in [0.15, 0.2) is 0 Å². The molecule has 1 unspecified atom stereocenters. The topological polar surface area (TPSA) is 61.9 Å². The molecule has 2 amide bonds. The lowest BCUT2D eigenvalue weighted by Gasteiger charge is -2.36. The first-order valence-corrected chi connectivity index (χ1v) is 9.96. The minimum Gasteiger partial charge on any atom is -0.497 e. The third kappa shape index (κ3) is 5.50. The molecule has 6 heteroatoms. The van der Waals surface area contributed by atoms with Crippen LogP contribution in [0, 0.1) is 6.92 Å². The maximum atomic E-state index is 12.9. The van der Waals surface area contributed by atoms with E-state index in [4.69, 9.17) is 4.74 Å². The summed E-state index contributed by atoms with van der Waals surface area (Å²) in [4.78, 5) is 28.7. The molecular formula is C23H29N3O3. The van der Waals surface area contributed by atoms with E-state index in [1.807, 2.05) is 54.3 Å². The van der Waals surface area contributed by atoms with Crippen LogP contribution < -0.4 is 15.0 Å². The molecule has 6 nitrogen and oxygen atoms in total. The maximum absolute atomic E-state index is 12.9. The Bertz CT molecular complexity index is 843. The van der Waals surface area contributed by atoms with E-state index in [2.05, 4.69) is 16.3 Å². The van der Waals surface area contributed by atoms with Crippen molar-refractivity contribution in [1.82, 2.24) is 10.2 Å². The SMILES string of the molecule is COc1cccc(N2CCN(C(=O)CC(NC(C)=O)c3ccc(C)cc3)CC2)c1. The van der Waals surface area contributed by atoms with Crippen molar-refractivity contribution in [3.05, 3.63) is 59.7 Å². The molecule has 29 heavy (non-hydrogen) atoms. The van der Waals surface area contributed by atoms with Crippen molar-refractivity contribution in [2.75, 3.05) is 38.2 Å². The van der Waals surface area contributed by atoms with Gasteiger partial charge in [0.1, 0.15) is 5.75 Å². The van der Waals surface area contributed by atoms with Crippen molar-refractivity contribution in [3.63, 3.8) is 0 Å². The molecule has 2 aromatic carbocycles. The van der Waals surface area contributed by atoms with Crippen molar-refractivity contribution in [2.24, 2.45) is 0 Å². The molecular weight excluding hydrogens is 366 g/mol. The van der Waals surface area contributed by atoms with Crippen LogP contribution in [0.25, 0.3) is 0 Å². The molecule has 3 rings (SSSR count). The quantitative estimate of drug-likeness (QED) is 0.817. The number of hydrogen-bond acceptors (Lipinski definition) is 4. The molecule has 1 fully saturated rings. The van der Waals surface area contributed by atoms with Crippen LogP contribution in [0.2, 0.25) is 0 Å². The van der Waals surface area contributed by atoms with Crippen LogP contribution in [0.5, 0.6) is 5.75 Å². The molecule has 0 aliphatic carbocycles. The molecule has 1 atom stereocenters. The molecule has 0 bridgehead atoms. The molecule has 1 aliphatic rings. The van der Waals surface area contributed by atoms with E-state index in [0.717, 1.165) is 35.7 Å². The molecule has 0 aromatic heterocycles. The highest BCUT2D eigenvalue weighted by atomic mass is 16.5. The van der Waals surface area contributed by atoms with Crippen molar-refractivity contribution in [3.8, 4) is 5.75 Å². The number of benzene rings is 2. The van der Waals surface area contributed by atoms with Gasteiger partial charge in [-0.3, -0.25) is 9.59 Å². The number of carbonyl (C=O) groups is 2. The molecule has 1 aliphatic heterocycles. The Morgan fingerprint density at radius 3 is 2.38 bits per heavy atom. The highest BCUT2D eigenvalue weighted by molar-refractivity contribution is 5.79. The zero-order valence-corrected chi connectivity index (χ0v) is 17.4. The second-order valence-electron chi connectivity index (χ2n) is 7.44. The van der Waals surface area contributed by atoms with Crippen LogP contribution in [0.4, 0.5) is 5.69 Å². The number of nitrogens with one attached hydrogen (secondary N) is 1. The summed E-state index contributed by atoms with van der Waals surface area (Å²) in [6.45, 7) is 6.37. The van der Waals surface area contributed by atoms with Gasteiger partial charge in [0.05, 0.1) is 19.6 Å². The first-order chi connectivity index (χ1) is 14.0. The number of carbonyl (C=O) groups excluding carboxylic acids is 2. The van der Waals surface area contributed by atoms with Crippen molar-refractivity contribution < 1.29 is 14.3 Å². The second kappa shape index (κ2) is 9.45. The van der Waals surface area contributed by atoms with Crippen LogP contribution >= 0.6 is 0 Å². The smallest absolute Gasteiger partial charge is 0.225 e. The van der Waals surface area contributed by atoms with Crippen molar-refractivity contribution in [1.29, 1.82) is 0 Å². The van der Waals surface area contributed by atoms with Crippen LogP contribution in [-0.2, 0) is 9.59 Å². The highest BCUT2D eigenvalue weighted by Crippen LogP contribution is 2.23. The Morgan fingerprint density at radius 1 is 1.07 bits per heavy atom. The zero-order valence-electron chi connectivity index (χ0n) is 17.4. The molecule has 1 N–H and O–H groups in total. The second-order valence-corrected chi connectivity index (χ2v) is 7.44. The van der Waals surface area contributed by atoms with E-state index < -0.39 is 0 Å². The van der Waals surface area contributed by atoms with Gasteiger partial charge in [-0.15, -0.1) is 0 Å². The van der Waals surface area contributed by atoms with Crippen LogP contribution in [0.15, 0.2) is 48.5 Å². The molecule has 0 radical (unpaired) electrons. The van der Waals surface area contributed by atoms with Gasteiger partial charge in [0.2, 0.25) is 11.8 Å². The van der Waals surface area contributed by atoms with E-state index >= 15 is 0 Å². The highest BCUT2D eigenvalue weighted by Gasteiger charge is 2.25. The lowest BCUT2D eigenvalue weighted by Crippen LogP contribution is -2.49. The fourth-order valence-electron chi connectivity index (χ4n) is 3.62. The predicted molar refractivity (Wildman–Crippen MR) is 114 cm³/mol. The minimum atomic E-state index is -0.308. The number of piperazine rings is 1. The van der Waals surface area contributed by atoms with Crippen molar-refractivity contribution >= 4 is 17.5 Å². The number of aryl methyl sites for hydroxylation is 1. The lowest BCUT2D eigenvalue weighted by atomic mass is 10.0. The Kier molecular flexibility index (Phi) is 6.75. The van der Waals surface area contributed by atoms with Gasteiger partial charge in [-0.25, -0.2) is 0 Å². The molecule has 1 saturated heterocycles. The summed E-state index contributed by atoms with van der Waals surface area (Å²) in [5, 5.41) is 2.92. The van der Waals surface area contributed by atoms with Crippen molar-refractivity contribution in [2.45, 2.75) is 26.3 Å². The predicted octanol–water partition coefficient (Wildman–Crippen LogP) is 2.92. The third-order valence-electron chi connectivity index (χ3n) is 5.29. The number of ether oxygens (including phenoxy) is 1. The van der Waals surface area contributed by atoms with E-state index in [9.17, 15) is 9.59 Å².